The van der Waals surface area contributed by atoms with Gasteiger partial charge in [-0.15, -0.1) is 0 Å². The summed E-state index contributed by atoms with van der Waals surface area (Å²) in [6.07, 6.45) is 11.9. The van der Waals surface area contributed by atoms with E-state index in [1.54, 1.807) is 12.5 Å². The summed E-state index contributed by atoms with van der Waals surface area (Å²) >= 11 is 0. The first-order valence-electron chi connectivity index (χ1n) is 9.08. The number of ether oxygens (including phenoxy) is 1. The minimum atomic E-state index is -0.783. The van der Waals surface area contributed by atoms with Crippen LogP contribution in [0, 0.1) is 5.92 Å². The Kier molecular flexibility index (Phi) is 10.1. The van der Waals surface area contributed by atoms with Gasteiger partial charge in [-0.2, -0.15) is 0 Å². The second-order valence-electron chi connectivity index (χ2n) is 6.68. The first-order chi connectivity index (χ1) is 12.4. The monoisotopic (exact) mass is 362 g/mol. The first kappa shape index (κ1) is 21.7. The van der Waals surface area contributed by atoms with E-state index in [1.165, 1.54) is 12.7 Å². The zero-order chi connectivity index (χ0) is 19.4. The number of carboxylic acid groups (broad SMARTS) is 1. The van der Waals surface area contributed by atoms with Crippen LogP contribution in [0.25, 0.3) is 0 Å². The van der Waals surface area contributed by atoms with Gasteiger partial charge in [0.2, 0.25) is 0 Å². The highest BCUT2D eigenvalue weighted by Gasteiger charge is 2.17. The summed E-state index contributed by atoms with van der Waals surface area (Å²) in [5.74, 6) is -1.52. The van der Waals surface area contributed by atoms with Gasteiger partial charge in [-0.1, -0.05) is 17.7 Å². The molecule has 1 aromatic rings. The Morgan fingerprint density at radius 1 is 1.23 bits per heavy atom. The smallest absolute Gasteiger partial charge is 0.333 e. The molecule has 0 radical (unpaired) electrons. The lowest BCUT2D eigenvalue weighted by molar-refractivity contribution is -0.142. The Labute approximate surface area is 155 Å². The molecule has 1 heterocycles. The van der Waals surface area contributed by atoms with Crippen LogP contribution in [0.4, 0.5) is 0 Å². The molecule has 0 saturated heterocycles. The zero-order valence-electron chi connectivity index (χ0n) is 16.0. The van der Waals surface area contributed by atoms with E-state index >= 15 is 0 Å². The summed E-state index contributed by atoms with van der Waals surface area (Å²) in [5.41, 5.74) is 2.91. The van der Waals surface area contributed by atoms with E-state index in [0.717, 1.165) is 24.8 Å². The number of hydrogen-bond donors (Lipinski definition) is 1. The highest BCUT2D eigenvalue weighted by atomic mass is 16.5. The van der Waals surface area contributed by atoms with Crippen molar-refractivity contribution in [3.05, 3.63) is 47.5 Å². The Hall–Kier alpha value is -2.30. The SMILES string of the molecule is COC(=O)/C(=C\CC[C@@H](CCCc1ccoc1)C(=O)O)CCC=C(C)C. The van der Waals surface area contributed by atoms with Crippen molar-refractivity contribution in [2.75, 3.05) is 7.11 Å². The second-order valence-corrected chi connectivity index (χ2v) is 6.68. The molecule has 0 saturated carbocycles. The summed E-state index contributed by atoms with van der Waals surface area (Å²) < 4.78 is 9.85. The van der Waals surface area contributed by atoms with E-state index in [4.69, 9.17) is 9.15 Å². The van der Waals surface area contributed by atoms with Crippen LogP contribution in [0.15, 0.2) is 46.3 Å². The lowest BCUT2D eigenvalue weighted by Gasteiger charge is -2.11. The Balaban J connectivity index is 2.52. The van der Waals surface area contributed by atoms with Crippen molar-refractivity contribution >= 4 is 11.9 Å². The molecule has 0 aromatic carbocycles. The van der Waals surface area contributed by atoms with Crippen molar-refractivity contribution in [3.8, 4) is 0 Å². The molecule has 0 aliphatic rings. The molecule has 5 heteroatoms. The van der Waals surface area contributed by atoms with Crippen molar-refractivity contribution < 1.29 is 23.8 Å². The highest BCUT2D eigenvalue weighted by Crippen LogP contribution is 2.19. The molecule has 0 amide bonds. The number of esters is 1. The fraction of sp³-hybridized carbons (Fsp3) is 0.524. The lowest BCUT2D eigenvalue weighted by atomic mass is 9.95. The molecular weight excluding hydrogens is 332 g/mol. The van der Waals surface area contributed by atoms with Gasteiger partial charge in [0.15, 0.2) is 0 Å². The predicted octanol–water partition coefficient (Wildman–Crippen LogP) is 4.93. The Morgan fingerprint density at radius 3 is 2.58 bits per heavy atom. The van der Waals surface area contributed by atoms with Gasteiger partial charge < -0.3 is 14.3 Å². The van der Waals surface area contributed by atoms with Crippen molar-refractivity contribution in [2.45, 2.75) is 58.8 Å². The van der Waals surface area contributed by atoms with E-state index in [0.29, 0.717) is 31.3 Å². The molecule has 0 unspecified atom stereocenters. The van der Waals surface area contributed by atoms with Crippen molar-refractivity contribution in [1.82, 2.24) is 0 Å². The minimum absolute atomic E-state index is 0.334. The minimum Gasteiger partial charge on any atom is -0.481 e. The Morgan fingerprint density at radius 2 is 2.00 bits per heavy atom. The van der Waals surface area contributed by atoms with Crippen LogP contribution in [0.5, 0.6) is 0 Å². The standard InChI is InChI=1S/C21H30O5/c1-16(2)7-4-11-19(21(24)25-3)12-6-10-18(20(22)23)9-5-8-17-13-14-26-15-17/h7,12-15,18H,4-6,8-11H2,1-3H3,(H,22,23)/b19-12-/t18-/m1/s1. The number of aryl methyl sites for hydroxylation is 1. The highest BCUT2D eigenvalue weighted by molar-refractivity contribution is 5.88. The maximum absolute atomic E-state index is 11.9. The maximum atomic E-state index is 11.9. The zero-order valence-corrected chi connectivity index (χ0v) is 16.0. The van der Waals surface area contributed by atoms with Gasteiger partial charge in [-0.3, -0.25) is 4.79 Å². The predicted molar refractivity (Wildman–Crippen MR) is 101 cm³/mol. The number of rotatable bonds is 12. The number of carboxylic acids is 1. The van der Waals surface area contributed by atoms with E-state index in [-0.39, 0.29) is 5.97 Å². The second kappa shape index (κ2) is 12.1. The molecule has 0 aliphatic carbocycles. The van der Waals surface area contributed by atoms with E-state index < -0.39 is 11.9 Å². The molecule has 1 aromatic heterocycles. The third kappa shape index (κ3) is 8.70. The largest absolute Gasteiger partial charge is 0.481 e. The number of aliphatic carboxylic acids is 1. The van der Waals surface area contributed by atoms with Gasteiger partial charge in [0, 0.05) is 5.57 Å². The van der Waals surface area contributed by atoms with Crippen molar-refractivity contribution in [1.29, 1.82) is 0 Å². The van der Waals surface area contributed by atoms with Crippen LogP contribution in [0.1, 0.15) is 57.9 Å². The van der Waals surface area contributed by atoms with Crippen LogP contribution in [-0.2, 0) is 20.7 Å². The number of carbonyl (C=O) groups excluding carboxylic acids is 1. The van der Waals surface area contributed by atoms with Gasteiger partial charge >= 0.3 is 11.9 Å². The quantitative estimate of drug-likeness (QED) is 0.324. The third-order valence-electron chi connectivity index (χ3n) is 4.27. The van der Waals surface area contributed by atoms with Gasteiger partial charge in [0.25, 0.3) is 0 Å². The van der Waals surface area contributed by atoms with Gasteiger partial charge in [0.1, 0.15) is 0 Å². The van der Waals surface area contributed by atoms with Gasteiger partial charge in [0.05, 0.1) is 25.6 Å². The molecule has 1 N–H and O–H groups in total. The molecule has 0 fully saturated rings. The molecule has 1 atom stereocenters. The number of methoxy groups -OCH3 is 1. The molecule has 5 nitrogen and oxygen atoms in total. The van der Waals surface area contributed by atoms with Gasteiger partial charge in [-0.25, -0.2) is 4.79 Å². The maximum Gasteiger partial charge on any atom is 0.333 e. The van der Waals surface area contributed by atoms with Crippen molar-refractivity contribution in [2.24, 2.45) is 5.92 Å². The summed E-state index contributed by atoms with van der Waals surface area (Å²) in [6, 6.07) is 1.90. The molecule has 0 aliphatic heterocycles. The van der Waals surface area contributed by atoms with E-state index in [2.05, 4.69) is 6.08 Å². The third-order valence-corrected chi connectivity index (χ3v) is 4.27. The van der Waals surface area contributed by atoms with Crippen LogP contribution >= 0.6 is 0 Å². The number of furan rings is 1. The molecule has 144 valence electrons. The molecule has 0 spiro atoms. The molecule has 26 heavy (non-hydrogen) atoms. The lowest BCUT2D eigenvalue weighted by Crippen LogP contribution is -2.14. The summed E-state index contributed by atoms with van der Waals surface area (Å²) in [5, 5.41) is 9.41. The Bertz CT molecular complexity index is 606. The summed E-state index contributed by atoms with van der Waals surface area (Å²) in [6.45, 7) is 4.03. The van der Waals surface area contributed by atoms with Crippen LogP contribution in [0.2, 0.25) is 0 Å². The number of allylic oxidation sites excluding steroid dienone is 3. The fourth-order valence-electron chi connectivity index (χ4n) is 2.77. The summed E-state index contributed by atoms with van der Waals surface area (Å²) in [7, 11) is 1.37. The normalized spacial score (nSPS) is 12.5. The molecular formula is C21H30O5. The fourth-order valence-corrected chi connectivity index (χ4v) is 2.77. The van der Waals surface area contributed by atoms with Crippen LogP contribution < -0.4 is 0 Å². The van der Waals surface area contributed by atoms with E-state index in [1.807, 2.05) is 26.0 Å². The van der Waals surface area contributed by atoms with Gasteiger partial charge in [-0.05, 0) is 70.4 Å². The van der Waals surface area contributed by atoms with E-state index in [9.17, 15) is 14.7 Å². The van der Waals surface area contributed by atoms with Crippen LogP contribution in [0.3, 0.4) is 0 Å². The van der Waals surface area contributed by atoms with Crippen LogP contribution in [-0.4, -0.2) is 24.2 Å². The van der Waals surface area contributed by atoms with Crippen molar-refractivity contribution in [3.63, 3.8) is 0 Å². The average Bonchev–Trinajstić information content (AvgIpc) is 3.11. The number of hydrogen-bond acceptors (Lipinski definition) is 4. The number of carbonyl (C=O) groups is 2. The molecule has 0 bridgehead atoms. The molecule has 1 rings (SSSR count). The topological polar surface area (TPSA) is 76.7 Å². The average molecular weight is 362 g/mol. The summed E-state index contributed by atoms with van der Waals surface area (Å²) in [4.78, 5) is 23.3. The first-order valence-corrected chi connectivity index (χ1v) is 9.08.